The third kappa shape index (κ3) is 9.90. The molecular weight excluding hydrogens is 812 g/mol. The SMILES string of the molecule is C=C[C@@H]1C[C@]1(CC(=O)[C@@H]1C[C@@H](Oc2cc(-c3csc(NC(C)C)n3)nc3cc(OC)ccc23)CN1C(=O)[C@@H](CC(=O)OC1CCCC1)C(C)(C)C)P(=O)(O)Cc1ccccc1. The Labute approximate surface area is 362 Å². The van der Waals surface area contributed by atoms with Gasteiger partial charge in [-0.25, -0.2) is 9.97 Å². The van der Waals surface area contributed by atoms with Crippen molar-refractivity contribution >= 4 is 52.4 Å². The van der Waals surface area contributed by atoms with Gasteiger partial charge in [0.15, 0.2) is 10.9 Å². The summed E-state index contributed by atoms with van der Waals surface area (Å²) in [7, 11) is -2.37. The van der Waals surface area contributed by atoms with E-state index in [1.165, 1.54) is 11.3 Å². The highest BCUT2D eigenvalue weighted by Gasteiger charge is 2.65. The molecular formula is C47H59N4O8PS. The molecule has 2 saturated carbocycles. The highest BCUT2D eigenvalue weighted by molar-refractivity contribution is 7.59. The maximum absolute atomic E-state index is 15.0. The summed E-state index contributed by atoms with van der Waals surface area (Å²) in [5.74, 6) is -1.10. The molecule has 3 aliphatic rings. The molecule has 1 saturated heterocycles. The van der Waals surface area contributed by atoms with Gasteiger partial charge in [-0.15, -0.1) is 17.9 Å². The molecule has 0 radical (unpaired) electrons. The minimum absolute atomic E-state index is 0.0621. The smallest absolute Gasteiger partial charge is 0.306 e. The maximum Gasteiger partial charge on any atom is 0.306 e. The molecule has 1 unspecified atom stereocenters. The quantitative estimate of drug-likeness (QED) is 0.0592. The van der Waals surface area contributed by atoms with Gasteiger partial charge < -0.3 is 29.3 Å². The number of pyridine rings is 1. The number of methoxy groups -OCH3 is 1. The average molecular weight is 871 g/mol. The Hall–Kier alpha value is -4.58. The lowest BCUT2D eigenvalue weighted by atomic mass is 9.77. The standard InChI is InChI=1S/C47H59N4O8PS/c1-8-31-24-47(31,60(55,56)27-30-14-10-9-11-15-30)25-41(52)40-21-34(26-51(40)44(54)36(46(4,5)6)22-43(53)59-32-16-12-13-17-32)58-42-23-38(39-28-61-45(50-39)48-29(2)3)49-37-20-33(57-7)18-19-35(37)42/h8-11,14-15,18-20,23,28-29,31-32,34,36,40H,1,12-13,16-17,21-22,24-27H2,2-7H3,(H,48,50)(H,55,56)/t31-,34-,36-,40+,47-/m1/s1. The fourth-order valence-corrected chi connectivity index (χ4v) is 12.4. The van der Waals surface area contributed by atoms with E-state index >= 15 is 0 Å². The molecule has 326 valence electrons. The van der Waals surface area contributed by atoms with Crippen LogP contribution in [0.15, 0.2) is 72.6 Å². The third-order valence-corrected chi connectivity index (χ3v) is 16.1. The molecule has 61 heavy (non-hydrogen) atoms. The minimum Gasteiger partial charge on any atom is -0.497 e. The van der Waals surface area contributed by atoms with Gasteiger partial charge in [-0.1, -0.05) is 57.2 Å². The van der Waals surface area contributed by atoms with Crippen molar-refractivity contribution in [1.29, 1.82) is 0 Å². The number of ether oxygens (including phenoxy) is 3. The Bertz CT molecular complexity index is 2300. The number of rotatable bonds is 17. The summed E-state index contributed by atoms with van der Waals surface area (Å²) in [6, 6.07) is 15.7. The summed E-state index contributed by atoms with van der Waals surface area (Å²) in [6.45, 7) is 13.8. The largest absolute Gasteiger partial charge is 0.497 e. The summed E-state index contributed by atoms with van der Waals surface area (Å²) in [5, 5.41) is 5.55. The zero-order chi connectivity index (χ0) is 43.7. The highest BCUT2D eigenvalue weighted by Crippen LogP contribution is 2.74. The number of carbonyl (C=O) groups is 3. The number of thiazole rings is 1. The fraction of sp³-hybridized carbons (Fsp3) is 0.511. The number of esters is 1. The molecule has 2 aromatic carbocycles. The first kappa shape index (κ1) is 44.5. The first-order valence-electron chi connectivity index (χ1n) is 21.4. The van der Waals surface area contributed by atoms with Crippen LogP contribution in [-0.4, -0.2) is 80.5 Å². The van der Waals surface area contributed by atoms with Crippen LogP contribution in [0.2, 0.25) is 0 Å². The Morgan fingerprint density at radius 1 is 1.07 bits per heavy atom. The molecule has 1 amide bonds. The van der Waals surface area contributed by atoms with Crippen LogP contribution in [0.1, 0.15) is 91.5 Å². The number of hydrogen-bond donors (Lipinski definition) is 2. The Morgan fingerprint density at radius 2 is 1.80 bits per heavy atom. The van der Waals surface area contributed by atoms with Crippen LogP contribution in [0.3, 0.4) is 0 Å². The van der Waals surface area contributed by atoms with Gasteiger partial charge in [0.2, 0.25) is 13.3 Å². The number of anilines is 1. The van der Waals surface area contributed by atoms with Crippen molar-refractivity contribution in [2.45, 2.75) is 122 Å². The monoisotopic (exact) mass is 870 g/mol. The van der Waals surface area contributed by atoms with Crippen molar-refractivity contribution in [2.24, 2.45) is 17.3 Å². The molecule has 3 heterocycles. The summed E-state index contributed by atoms with van der Waals surface area (Å²) < 4.78 is 32.6. The summed E-state index contributed by atoms with van der Waals surface area (Å²) >= 11 is 1.48. The van der Waals surface area contributed by atoms with Crippen molar-refractivity contribution in [3.05, 3.63) is 78.2 Å². The summed E-state index contributed by atoms with van der Waals surface area (Å²) in [4.78, 5) is 66.3. The predicted octanol–water partition coefficient (Wildman–Crippen LogP) is 9.45. The van der Waals surface area contributed by atoms with Gasteiger partial charge in [0, 0.05) is 41.8 Å². The van der Waals surface area contributed by atoms with Gasteiger partial charge in [0.05, 0.1) is 54.6 Å². The van der Waals surface area contributed by atoms with Gasteiger partial charge in [-0.3, -0.25) is 18.9 Å². The Morgan fingerprint density at radius 3 is 2.46 bits per heavy atom. The van der Waals surface area contributed by atoms with Gasteiger partial charge in [0.1, 0.15) is 29.4 Å². The van der Waals surface area contributed by atoms with Gasteiger partial charge in [-0.2, -0.15) is 0 Å². The number of ketones is 1. The highest BCUT2D eigenvalue weighted by atomic mass is 32.1. The predicted molar refractivity (Wildman–Crippen MR) is 239 cm³/mol. The lowest BCUT2D eigenvalue weighted by molar-refractivity contribution is -0.156. The zero-order valence-electron chi connectivity index (χ0n) is 36.1. The Kier molecular flexibility index (Phi) is 13.1. The molecule has 0 bridgehead atoms. The second kappa shape index (κ2) is 18.0. The fourth-order valence-electron chi connectivity index (χ4n) is 8.98. The van der Waals surface area contributed by atoms with Crippen molar-refractivity contribution in [3.63, 3.8) is 0 Å². The molecule has 2 aromatic heterocycles. The van der Waals surface area contributed by atoms with E-state index in [1.807, 2.05) is 94.6 Å². The lowest BCUT2D eigenvalue weighted by Gasteiger charge is -2.35. The van der Waals surface area contributed by atoms with E-state index in [0.29, 0.717) is 45.8 Å². The minimum atomic E-state index is -3.96. The molecule has 1 aliphatic heterocycles. The first-order chi connectivity index (χ1) is 29.0. The number of allylic oxidation sites excluding steroid dienone is 1. The van der Waals surface area contributed by atoms with Crippen LogP contribution in [-0.2, 0) is 29.8 Å². The average Bonchev–Trinajstić information content (AvgIpc) is 3.61. The number of fused-ring (bicyclic) bond motifs is 1. The molecule has 4 aromatic rings. The van der Waals surface area contributed by atoms with E-state index in [4.69, 9.17) is 24.2 Å². The normalized spacial score (nSPS) is 23.1. The number of amides is 1. The van der Waals surface area contributed by atoms with Crippen molar-refractivity contribution < 1.29 is 38.1 Å². The number of benzene rings is 2. The molecule has 6 atom stereocenters. The van der Waals surface area contributed by atoms with Crippen LogP contribution in [0, 0.1) is 17.3 Å². The number of hydrogen-bond acceptors (Lipinski definition) is 11. The second-order valence-corrected chi connectivity index (χ2v) is 21.8. The van der Waals surface area contributed by atoms with E-state index in [9.17, 15) is 23.8 Å². The second-order valence-electron chi connectivity index (χ2n) is 18.4. The van der Waals surface area contributed by atoms with Crippen LogP contribution < -0.4 is 14.8 Å². The van der Waals surface area contributed by atoms with E-state index in [0.717, 1.165) is 30.8 Å². The van der Waals surface area contributed by atoms with Crippen molar-refractivity contribution in [3.8, 4) is 22.9 Å². The molecule has 12 nitrogen and oxygen atoms in total. The van der Waals surface area contributed by atoms with Crippen LogP contribution in [0.4, 0.5) is 5.13 Å². The number of nitrogens with zero attached hydrogens (tertiary/aromatic N) is 3. The molecule has 2 aliphatic carbocycles. The lowest BCUT2D eigenvalue weighted by Crippen LogP contribution is -2.48. The summed E-state index contributed by atoms with van der Waals surface area (Å²) in [5.41, 5.74) is 1.91. The van der Waals surface area contributed by atoms with Crippen molar-refractivity contribution in [2.75, 3.05) is 19.0 Å². The number of Topliss-reactive ketones (excluding diaryl/α,β-unsaturated/α-hetero) is 1. The van der Waals surface area contributed by atoms with Crippen LogP contribution in [0.25, 0.3) is 22.3 Å². The number of likely N-dealkylation sites (tertiary alicyclic amines) is 1. The molecule has 2 N–H and O–H groups in total. The zero-order valence-corrected chi connectivity index (χ0v) is 37.8. The first-order valence-corrected chi connectivity index (χ1v) is 24.1. The van der Waals surface area contributed by atoms with Gasteiger partial charge >= 0.3 is 5.97 Å². The van der Waals surface area contributed by atoms with E-state index in [-0.39, 0.29) is 61.7 Å². The summed E-state index contributed by atoms with van der Waals surface area (Å²) in [6.07, 6.45) is 4.58. The Balaban J connectivity index is 1.22. The van der Waals surface area contributed by atoms with E-state index in [2.05, 4.69) is 11.9 Å². The molecule has 14 heteroatoms. The number of carbonyl (C=O) groups excluding carboxylic acids is 3. The van der Waals surface area contributed by atoms with E-state index in [1.54, 1.807) is 18.1 Å². The van der Waals surface area contributed by atoms with E-state index < -0.39 is 42.0 Å². The number of aromatic nitrogens is 2. The van der Waals surface area contributed by atoms with Crippen LogP contribution >= 0.6 is 18.7 Å². The van der Waals surface area contributed by atoms with Gasteiger partial charge in [-0.05, 0) is 75.0 Å². The molecule has 3 fully saturated rings. The number of nitrogens with one attached hydrogen (secondary N) is 1. The van der Waals surface area contributed by atoms with Gasteiger partial charge in [0.25, 0.3) is 0 Å². The maximum atomic E-state index is 15.0. The molecule has 7 rings (SSSR count). The van der Waals surface area contributed by atoms with Crippen LogP contribution in [0.5, 0.6) is 11.5 Å². The topological polar surface area (TPSA) is 157 Å². The van der Waals surface area contributed by atoms with Crippen molar-refractivity contribution in [1.82, 2.24) is 14.9 Å². The molecule has 0 spiro atoms. The third-order valence-electron chi connectivity index (χ3n) is 12.5.